The maximum atomic E-state index is 11.7. The highest BCUT2D eigenvalue weighted by atomic mass is 16.5. The molecule has 7 heteroatoms. The molecule has 0 aliphatic carbocycles. The maximum Gasteiger partial charge on any atom is 0.302 e. The first-order valence-electron chi connectivity index (χ1n) is 10.1. The number of rotatable bonds is 10. The van der Waals surface area contributed by atoms with Gasteiger partial charge < -0.3 is 24.3 Å². The topological polar surface area (TPSA) is 83.1 Å². The van der Waals surface area contributed by atoms with Gasteiger partial charge in [-0.05, 0) is 47.4 Å². The monoisotopic (exact) mass is 425 g/mol. The molecule has 1 heterocycles. The van der Waals surface area contributed by atoms with Crippen LogP contribution in [0.1, 0.15) is 36.1 Å². The molecule has 1 atom stereocenters. The number of benzene rings is 2. The van der Waals surface area contributed by atoms with Crippen molar-refractivity contribution in [2.45, 2.75) is 25.8 Å². The molecule has 1 aliphatic rings. The van der Waals surface area contributed by atoms with Gasteiger partial charge in [0.25, 0.3) is 0 Å². The summed E-state index contributed by atoms with van der Waals surface area (Å²) in [4.78, 5) is 22.5. The molecule has 0 saturated carbocycles. The van der Waals surface area contributed by atoms with E-state index < -0.39 is 0 Å². The van der Waals surface area contributed by atoms with Crippen LogP contribution in [-0.4, -0.2) is 39.7 Å². The van der Waals surface area contributed by atoms with E-state index in [2.05, 4.69) is 5.32 Å². The number of hydrogen-bond acceptors (Lipinski definition) is 7. The number of methoxy groups -OCH3 is 2. The van der Waals surface area contributed by atoms with E-state index in [1.807, 2.05) is 36.4 Å². The Kier molecular flexibility index (Phi) is 7.54. The Morgan fingerprint density at radius 1 is 1.10 bits per heavy atom. The fourth-order valence-corrected chi connectivity index (χ4v) is 3.50. The van der Waals surface area contributed by atoms with Gasteiger partial charge in [0, 0.05) is 25.1 Å². The van der Waals surface area contributed by atoms with Crippen LogP contribution in [0.3, 0.4) is 0 Å². The Balaban J connectivity index is 1.83. The minimum atomic E-state index is -0.318. The van der Waals surface area contributed by atoms with E-state index >= 15 is 0 Å². The molecule has 7 nitrogen and oxygen atoms in total. The lowest BCUT2D eigenvalue weighted by molar-refractivity contribution is -0.141. The van der Waals surface area contributed by atoms with Crippen molar-refractivity contribution in [3.05, 3.63) is 59.3 Å². The zero-order chi connectivity index (χ0) is 22.2. The molecule has 0 saturated heterocycles. The van der Waals surface area contributed by atoms with E-state index in [9.17, 15) is 9.59 Å². The van der Waals surface area contributed by atoms with Crippen LogP contribution >= 0.6 is 0 Å². The van der Waals surface area contributed by atoms with E-state index in [4.69, 9.17) is 18.9 Å². The third kappa shape index (κ3) is 5.57. The largest absolute Gasteiger partial charge is 0.497 e. The van der Waals surface area contributed by atoms with Crippen LogP contribution in [0.5, 0.6) is 17.2 Å². The lowest BCUT2D eigenvalue weighted by Crippen LogP contribution is -2.24. The molecule has 0 radical (unpaired) electrons. The summed E-state index contributed by atoms with van der Waals surface area (Å²) < 4.78 is 21.7. The molecule has 164 valence electrons. The first-order chi connectivity index (χ1) is 15.0. The summed E-state index contributed by atoms with van der Waals surface area (Å²) >= 11 is 0. The van der Waals surface area contributed by atoms with Crippen molar-refractivity contribution in [3.8, 4) is 17.2 Å². The van der Waals surface area contributed by atoms with Gasteiger partial charge in [-0.15, -0.1) is 0 Å². The normalized spacial score (nSPS) is 14.5. The van der Waals surface area contributed by atoms with Crippen molar-refractivity contribution in [1.29, 1.82) is 0 Å². The zero-order valence-electron chi connectivity index (χ0n) is 18.0. The summed E-state index contributed by atoms with van der Waals surface area (Å²) in [6.07, 6.45) is 3.82. The average molecular weight is 425 g/mol. The molecule has 2 aromatic carbocycles. The minimum Gasteiger partial charge on any atom is -0.497 e. The van der Waals surface area contributed by atoms with Gasteiger partial charge in [-0.3, -0.25) is 9.59 Å². The summed E-state index contributed by atoms with van der Waals surface area (Å²) in [5.74, 6) is 1.60. The van der Waals surface area contributed by atoms with Gasteiger partial charge in [-0.2, -0.15) is 0 Å². The molecule has 1 N–H and O–H groups in total. The summed E-state index contributed by atoms with van der Waals surface area (Å²) in [5.41, 5.74) is 3.41. The van der Waals surface area contributed by atoms with Crippen LogP contribution in [0.25, 0.3) is 5.57 Å². The lowest BCUT2D eigenvalue weighted by atomic mass is 9.89. The smallest absolute Gasteiger partial charge is 0.302 e. The predicted octanol–water partition coefficient (Wildman–Crippen LogP) is 3.46. The molecule has 1 aliphatic heterocycles. The van der Waals surface area contributed by atoms with Gasteiger partial charge >= 0.3 is 5.97 Å². The lowest BCUT2D eigenvalue weighted by Gasteiger charge is -2.27. The van der Waals surface area contributed by atoms with Crippen molar-refractivity contribution < 1.29 is 28.5 Å². The van der Waals surface area contributed by atoms with Crippen molar-refractivity contribution in [2.24, 2.45) is 0 Å². The molecule has 1 unspecified atom stereocenters. The highest BCUT2D eigenvalue weighted by Crippen LogP contribution is 2.39. The Hall–Kier alpha value is -3.48. The summed E-state index contributed by atoms with van der Waals surface area (Å²) in [6.45, 7) is 2.01. The Morgan fingerprint density at radius 2 is 1.94 bits per heavy atom. The van der Waals surface area contributed by atoms with Gasteiger partial charge in [0.05, 0.1) is 33.5 Å². The van der Waals surface area contributed by atoms with Gasteiger partial charge in [-0.1, -0.05) is 12.1 Å². The number of hydrogen-bond donors (Lipinski definition) is 1. The highest BCUT2D eigenvalue weighted by Gasteiger charge is 2.24. The van der Waals surface area contributed by atoms with E-state index in [1.54, 1.807) is 20.4 Å². The average Bonchev–Trinajstić information content (AvgIpc) is 2.78. The second-order valence-electron chi connectivity index (χ2n) is 7.12. The Bertz CT molecular complexity index is 969. The second kappa shape index (κ2) is 10.5. The van der Waals surface area contributed by atoms with Gasteiger partial charge in [0.1, 0.15) is 5.75 Å². The number of ether oxygens (including phenoxy) is 4. The second-order valence-corrected chi connectivity index (χ2v) is 7.12. The van der Waals surface area contributed by atoms with Crippen molar-refractivity contribution in [2.75, 3.05) is 27.4 Å². The molecular weight excluding hydrogens is 398 g/mol. The van der Waals surface area contributed by atoms with Crippen LogP contribution in [-0.2, 0) is 20.7 Å². The van der Waals surface area contributed by atoms with Crippen LogP contribution in [0.4, 0.5) is 0 Å². The number of nitrogens with one attached hydrogen (secondary N) is 1. The minimum absolute atomic E-state index is 0.0438. The van der Waals surface area contributed by atoms with Crippen molar-refractivity contribution >= 4 is 17.8 Å². The third-order valence-electron chi connectivity index (χ3n) is 5.01. The predicted molar refractivity (Wildman–Crippen MR) is 116 cm³/mol. The molecular formula is C24H27NO6. The number of esters is 1. The SMILES string of the molecule is COc1cccc(CC2NC=C(C=O)c3cc(OCCCOC(C)=O)c(OC)cc32)c1. The molecule has 0 bridgehead atoms. The Labute approximate surface area is 181 Å². The maximum absolute atomic E-state index is 11.7. The molecule has 0 fully saturated rings. The summed E-state index contributed by atoms with van der Waals surface area (Å²) in [6, 6.07) is 11.6. The van der Waals surface area contributed by atoms with Crippen LogP contribution in [0, 0.1) is 0 Å². The summed E-state index contributed by atoms with van der Waals surface area (Å²) in [7, 11) is 3.22. The highest BCUT2D eigenvalue weighted by molar-refractivity contribution is 6.08. The third-order valence-corrected chi connectivity index (χ3v) is 5.01. The van der Waals surface area contributed by atoms with Crippen LogP contribution in [0.2, 0.25) is 0 Å². The zero-order valence-corrected chi connectivity index (χ0v) is 18.0. The fraction of sp³-hybridized carbons (Fsp3) is 0.333. The van der Waals surface area contributed by atoms with Gasteiger partial charge in [0.2, 0.25) is 0 Å². The van der Waals surface area contributed by atoms with Crippen LogP contribution < -0.4 is 19.5 Å². The molecule has 0 spiro atoms. The summed E-state index contributed by atoms with van der Waals surface area (Å²) in [5, 5.41) is 3.32. The quantitative estimate of drug-likeness (QED) is 0.355. The number of carbonyl (C=O) groups is 2. The van der Waals surface area contributed by atoms with Crippen molar-refractivity contribution in [1.82, 2.24) is 5.32 Å². The number of allylic oxidation sites excluding steroid dienone is 1. The van der Waals surface area contributed by atoms with Gasteiger partial charge in [-0.25, -0.2) is 0 Å². The number of aldehydes is 1. The first kappa shape index (κ1) is 22.2. The molecule has 31 heavy (non-hydrogen) atoms. The van der Waals surface area contributed by atoms with E-state index in [-0.39, 0.29) is 18.6 Å². The fourth-order valence-electron chi connectivity index (χ4n) is 3.50. The molecule has 0 amide bonds. The standard InChI is InChI=1S/C24H27NO6/c1-16(27)30-8-5-9-31-24-12-20-18(15-26)14-25-22(21(20)13-23(24)29-3)11-17-6-4-7-19(10-17)28-2/h4,6-7,10,12-15,22,25H,5,8-9,11H2,1-3H3. The number of fused-ring (bicyclic) bond motifs is 1. The first-order valence-corrected chi connectivity index (χ1v) is 10.1. The Morgan fingerprint density at radius 3 is 2.65 bits per heavy atom. The van der Waals surface area contributed by atoms with E-state index in [0.717, 1.165) is 28.7 Å². The van der Waals surface area contributed by atoms with Gasteiger partial charge in [0.15, 0.2) is 17.8 Å². The van der Waals surface area contributed by atoms with Crippen molar-refractivity contribution in [3.63, 3.8) is 0 Å². The van der Waals surface area contributed by atoms with E-state index in [0.29, 0.717) is 36.5 Å². The number of carbonyl (C=O) groups excluding carboxylic acids is 2. The molecule has 0 aromatic heterocycles. The van der Waals surface area contributed by atoms with Crippen LogP contribution in [0.15, 0.2) is 42.6 Å². The van der Waals surface area contributed by atoms with E-state index in [1.165, 1.54) is 6.92 Å². The molecule has 2 aromatic rings. The molecule has 3 rings (SSSR count).